The van der Waals surface area contributed by atoms with Crippen molar-refractivity contribution < 1.29 is 52.8 Å². The topological polar surface area (TPSA) is 159 Å². The number of hydrogen-bond acceptors (Lipinski definition) is 11. The van der Waals surface area contributed by atoms with Crippen LogP contribution in [0.5, 0.6) is 0 Å². The predicted octanol–water partition coefficient (Wildman–Crippen LogP) is 2.83. The molecule has 4 fully saturated rings. The van der Waals surface area contributed by atoms with Crippen LogP contribution in [0, 0.1) is 33.5 Å². The summed E-state index contributed by atoms with van der Waals surface area (Å²) in [6, 6.07) is 1.83. The highest BCUT2D eigenvalue weighted by atomic mass is 16.7. The first kappa shape index (κ1) is 30.0. The van der Waals surface area contributed by atoms with E-state index in [-0.39, 0.29) is 25.4 Å². The summed E-state index contributed by atoms with van der Waals surface area (Å²) in [5.74, 6) is -4.18. The van der Waals surface area contributed by atoms with Crippen LogP contribution in [0.2, 0.25) is 0 Å². The molecule has 1 aromatic heterocycles. The van der Waals surface area contributed by atoms with E-state index in [0.29, 0.717) is 6.42 Å². The van der Waals surface area contributed by atoms with Crippen molar-refractivity contribution in [2.24, 2.45) is 33.5 Å². The highest BCUT2D eigenvalue weighted by Crippen LogP contribution is 2.75. The van der Waals surface area contributed by atoms with E-state index < -0.39 is 87.9 Å². The molecule has 4 aliphatic carbocycles. The number of hydrogen-bond donors (Lipinski definition) is 2. The first-order chi connectivity index (χ1) is 20.1. The van der Waals surface area contributed by atoms with Crippen molar-refractivity contribution in [3.05, 3.63) is 35.8 Å². The lowest BCUT2D eigenvalue weighted by atomic mass is 9.34. The van der Waals surface area contributed by atoms with Gasteiger partial charge in [-0.15, -0.1) is 0 Å². The second-order valence-corrected chi connectivity index (χ2v) is 13.7. The van der Waals surface area contributed by atoms with Crippen molar-refractivity contribution >= 4 is 23.7 Å². The van der Waals surface area contributed by atoms with E-state index in [2.05, 4.69) is 0 Å². The van der Waals surface area contributed by atoms with E-state index in [1.807, 2.05) is 26.0 Å². The minimum Gasteiger partial charge on any atom is -0.472 e. The van der Waals surface area contributed by atoms with Gasteiger partial charge in [-0.25, -0.2) is 0 Å². The number of ether oxygens (including phenoxy) is 4. The molecule has 5 aliphatic rings. The highest BCUT2D eigenvalue weighted by molar-refractivity contribution is 5.93. The van der Waals surface area contributed by atoms with Gasteiger partial charge in [-0.1, -0.05) is 25.5 Å². The van der Waals surface area contributed by atoms with Gasteiger partial charge in [0, 0.05) is 55.3 Å². The molecule has 12 atom stereocenters. The molecule has 2 bridgehead atoms. The molecule has 1 aromatic rings. The number of furan rings is 1. The van der Waals surface area contributed by atoms with Gasteiger partial charge < -0.3 is 33.6 Å². The lowest BCUT2D eigenvalue weighted by Crippen LogP contribution is -2.79. The number of esters is 3. The van der Waals surface area contributed by atoms with Gasteiger partial charge in [0.1, 0.15) is 6.10 Å². The molecule has 234 valence electrons. The predicted molar refractivity (Wildman–Crippen MR) is 147 cm³/mol. The summed E-state index contributed by atoms with van der Waals surface area (Å²) in [6.45, 7) is 9.14. The van der Waals surface area contributed by atoms with E-state index >= 15 is 4.79 Å². The summed E-state index contributed by atoms with van der Waals surface area (Å²) in [6.07, 6.45) is 0.272. The van der Waals surface area contributed by atoms with Gasteiger partial charge in [-0.2, -0.15) is 0 Å². The zero-order chi connectivity index (χ0) is 31.3. The third-order valence-corrected chi connectivity index (χ3v) is 11.8. The highest BCUT2D eigenvalue weighted by Gasteiger charge is 2.80. The summed E-state index contributed by atoms with van der Waals surface area (Å²) < 4.78 is 28.9. The largest absolute Gasteiger partial charge is 0.472 e. The molecule has 0 amide bonds. The van der Waals surface area contributed by atoms with E-state index in [0.717, 1.165) is 11.1 Å². The Bertz CT molecular complexity index is 1380. The third-order valence-electron chi connectivity index (χ3n) is 11.8. The second-order valence-electron chi connectivity index (χ2n) is 13.7. The van der Waals surface area contributed by atoms with Crippen molar-refractivity contribution in [1.29, 1.82) is 0 Å². The first-order valence-corrected chi connectivity index (χ1v) is 14.9. The molecule has 0 aromatic carbocycles. The standard InChI is InChI=1S/C32H40O11/c1-15(33)41-24-12-23(37)32-14-40-28(43-17(3)35)31(24,6)21(32)11-22(36)30(5)20-8-7-19(18-9-10-39-13-18)29(20,4)27(42-16(2)34)25(38)26(30)32/h8-10,13,19,21-24,26-28,36-37H,7,11-12,14H2,1-6H3/t19-,21?,22+,23-,24+,26-,27-,28-,29-,30+,31-,32+/m0/s1. The number of carbonyl (C=O) groups excluding carboxylic acids is 4. The van der Waals surface area contributed by atoms with E-state index in [9.17, 15) is 24.6 Å². The fourth-order valence-corrected chi connectivity index (χ4v) is 10.1. The van der Waals surface area contributed by atoms with Crippen LogP contribution in [0.25, 0.3) is 0 Å². The molecule has 11 heteroatoms. The number of carbonyl (C=O) groups is 4. The summed E-state index contributed by atoms with van der Waals surface area (Å²) in [5, 5.41) is 24.3. The minimum atomic E-state index is -1.28. The Hall–Kier alpha value is -3.02. The lowest BCUT2D eigenvalue weighted by molar-refractivity contribution is -0.364. The maximum atomic E-state index is 15.1. The molecule has 2 heterocycles. The lowest BCUT2D eigenvalue weighted by Gasteiger charge is -2.72. The number of aliphatic hydroxyl groups is 2. The van der Waals surface area contributed by atoms with E-state index in [1.54, 1.807) is 19.5 Å². The van der Waals surface area contributed by atoms with Gasteiger partial charge >= 0.3 is 17.9 Å². The van der Waals surface area contributed by atoms with Crippen molar-refractivity contribution in [1.82, 2.24) is 0 Å². The van der Waals surface area contributed by atoms with Gasteiger partial charge in [0.25, 0.3) is 0 Å². The van der Waals surface area contributed by atoms with Gasteiger partial charge in [-0.05, 0) is 37.3 Å². The van der Waals surface area contributed by atoms with Crippen LogP contribution in [0.4, 0.5) is 0 Å². The van der Waals surface area contributed by atoms with Gasteiger partial charge in [-0.3, -0.25) is 19.2 Å². The molecular formula is C32H40O11. The van der Waals surface area contributed by atoms with Crippen molar-refractivity contribution in [2.75, 3.05) is 6.61 Å². The van der Waals surface area contributed by atoms with Crippen LogP contribution < -0.4 is 0 Å². The summed E-state index contributed by atoms with van der Waals surface area (Å²) in [4.78, 5) is 52.0. The van der Waals surface area contributed by atoms with E-state index in [1.165, 1.54) is 20.8 Å². The maximum Gasteiger partial charge on any atom is 0.304 e. The SMILES string of the molecule is CC(=O)O[C@@H]1OC[C@]23C(C[C@@H](O)[C@@]4(C)C5=CC[C@@H](c6ccoc6)[C@]5(C)[C@@H](OC(C)=O)C(=O)[C@@H]42)[C@@]1(C)[C@H](OC(C)=O)C[C@@H]3O. The number of allylic oxidation sites excluding steroid dienone is 1. The number of aliphatic hydroxyl groups excluding tert-OH is 2. The van der Waals surface area contributed by atoms with Gasteiger partial charge in [0.05, 0.1) is 36.8 Å². The Morgan fingerprint density at radius 1 is 0.930 bits per heavy atom. The van der Waals surface area contributed by atoms with Crippen LogP contribution in [-0.2, 0) is 38.1 Å². The zero-order valence-corrected chi connectivity index (χ0v) is 25.3. The molecule has 2 N–H and O–H groups in total. The molecular weight excluding hydrogens is 560 g/mol. The van der Waals surface area contributed by atoms with Crippen LogP contribution in [0.1, 0.15) is 72.3 Å². The molecule has 0 radical (unpaired) electrons. The molecule has 1 aliphatic heterocycles. The van der Waals surface area contributed by atoms with E-state index in [4.69, 9.17) is 23.4 Å². The van der Waals surface area contributed by atoms with Crippen molar-refractivity contribution in [2.45, 2.75) is 97.4 Å². The molecule has 1 saturated heterocycles. The average molecular weight is 601 g/mol. The molecule has 1 unspecified atom stereocenters. The molecule has 0 spiro atoms. The first-order valence-electron chi connectivity index (χ1n) is 14.9. The van der Waals surface area contributed by atoms with Crippen LogP contribution in [-0.4, -0.2) is 71.2 Å². The Morgan fingerprint density at radius 3 is 2.21 bits per heavy atom. The maximum absolute atomic E-state index is 15.1. The molecule has 3 saturated carbocycles. The average Bonchev–Trinajstić information content (AvgIpc) is 3.56. The Morgan fingerprint density at radius 2 is 1.60 bits per heavy atom. The van der Waals surface area contributed by atoms with Crippen LogP contribution in [0.3, 0.4) is 0 Å². The fraction of sp³-hybridized carbons (Fsp3) is 0.688. The second kappa shape index (κ2) is 9.74. The third kappa shape index (κ3) is 3.77. The summed E-state index contributed by atoms with van der Waals surface area (Å²) in [5.41, 5.74) is -3.01. The van der Waals surface area contributed by atoms with Gasteiger partial charge in [0.15, 0.2) is 11.9 Å². The molecule has 43 heavy (non-hydrogen) atoms. The van der Waals surface area contributed by atoms with Crippen LogP contribution in [0.15, 0.2) is 34.7 Å². The monoisotopic (exact) mass is 600 g/mol. The Balaban J connectivity index is 1.55. The molecule has 6 rings (SSSR count). The summed E-state index contributed by atoms with van der Waals surface area (Å²) in [7, 11) is 0. The molecule has 11 nitrogen and oxygen atoms in total. The number of ketones is 1. The Labute approximate surface area is 249 Å². The summed E-state index contributed by atoms with van der Waals surface area (Å²) >= 11 is 0. The van der Waals surface area contributed by atoms with Crippen molar-refractivity contribution in [3.8, 4) is 0 Å². The van der Waals surface area contributed by atoms with Crippen molar-refractivity contribution in [3.63, 3.8) is 0 Å². The fourth-order valence-electron chi connectivity index (χ4n) is 10.1. The van der Waals surface area contributed by atoms with Crippen LogP contribution >= 0.6 is 0 Å². The number of fused-ring (bicyclic) bond motifs is 3. The zero-order valence-electron chi connectivity index (χ0n) is 25.3. The Kier molecular flexibility index (Phi) is 6.80. The minimum absolute atomic E-state index is 0.0319. The quantitative estimate of drug-likeness (QED) is 0.297. The van der Waals surface area contributed by atoms with Gasteiger partial charge in [0.2, 0.25) is 6.29 Å². The smallest absolute Gasteiger partial charge is 0.304 e. The normalized spacial score (nSPS) is 46.5. The number of rotatable bonds is 4. The number of Topliss-reactive ketones (excluding diaryl/α,β-unsaturated/α-hetero) is 1.